The van der Waals surface area contributed by atoms with E-state index in [1.165, 1.54) is 16.3 Å². The van der Waals surface area contributed by atoms with Crippen LogP contribution in [0.3, 0.4) is 0 Å². The summed E-state index contributed by atoms with van der Waals surface area (Å²) in [5.74, 6) is 0.210. The molecule has 2 aromatic rings. The van der Waals surface area contributed by atoms with Gasteiger partial charge in [0.05, 0.1) is 5.75 Å². The molecule has 19 heavy (non-hydrogen) atoms. The summed E-state index contributed by atoms with van der Waals surface area (Å²) < 4.78 is 25.9. The molecule has 100 valence electrons. The summed E-state index contributed by atoms with van der Waals surface area (Å²) in [6.45, 7) is 2.93. The molecule has 0 saturated carbocycles. The predicted molar refractivity (Wildman–Crippen MR) is 77.5 cm³/mol. The lowest BCUT2D eigenvalue weighted by molar-refractivity contribution is 0.427. The Morgan fingerprint density at radius 1 is 1.16 bits per heavy atom. The first-order valence-electron chi connectivity index (χ1n) is 6.59. The second-order valence-corrected chi connectivity index (χ2v) is 7.01. The Bertz CT molecular complexity index is 722. The van der Waals surface area contributed by atoms with Crippen molar-refractivity contribution in [2.45, 2.75) is 19.9 Å². The fraction of sp³-hybridized carbons (Fsp3) is 0.333. The highest BCUT2D eigenvalue weighted by Crippen LogP contribution is 2.27. The quantitative estimate of drug-likeness (QED) is 0.802. The number of aryl methyl sites for hydroxylation is 1. The van der Waals surface area contributed by atoms with Crippen molar-refractivity contribution in [2.24, 2.45) is 0 Å². The number of hydrogen-bond donors (Lipinski definition) is 0. The van der Waals surface area contributed by atoms with Crippen molar-refractivity contribution in [1.29, 1.82) is 0 Å². The highest BCUT2D eigenvalue weighted by atomic mass is 32.2. The molecule has 0 amide bonds. The number of nitrogens with zero attached hydrogens (tertiary/aromatic N) is 1. The Morgan fingerprint density at radius 3 is 2.74 bits per heavy atom. The van der Waals surface area contributed by atoms with Crippen molar-refractivity contribution < 1.29 is 8.42 Å². The van der Waals surface area contributed by atoms with Gasteiger partial charge in [0.25, 0.3) is 0 Å². The zero-order chi connectivity index (χ0) is 13.5. The lowest BCUT2D eigenvalue weighted by Crippen LogP contribution is -2.30. The molecule has 0 unspecified atom stereocenters. The molecule has 0 bridgehead atoms. The molecular formula is C15H17NO2S. The molecule has 1 aliphatic rings. The highest BCUT2D eigenvalue weighted by Gasteiger charge is 2.26. The molecule has 3 rings (SSSR count). The minimum absolute atomic E-state index is 0.210. The summed E-state index contributed by atoms with van der Waals surface area (Å²) in [6.07, 6.45) is 0.607. The molecule has 0 saturated heterocycles. The molecule has 0 N–H and O–H groups in total. The number of rotatable bonds is 1. The fourth-order valence-electron chi connectivity index (χ4n) is 2.78. The van der Waals surface area contributed by atoms with E-state index in [2.05, 4.69) is 24.3 Å². The third kappa shape index (κ3) is 2.15. The number of benzene rings is 2. The average Bonchev–Trinajstić information content (AvgIpc) is 2.55. The van der Waals surface area contributed by atoms with Gasteiger partial charge in [0.15, 0.2) is 0 Å². The van der Waals surface area contributed by atoms with Gasteiger partial charge in [-0.25, -0.2) is 8.42 Å². The predicted octanol–water partition coefficient (Wildman–Crippen LogP) is 2.55. The van der Waals surface area contributed by atoms with E-state index in [1.54, 1.807) is 4.31 Å². The van der Waals surface area contributed by atoms with E-state index in [9.17, 15) is 8.42 Å². The van der Waals surface area contributed by atoms with Gasteiger partial charge in [0.2, 0.25) is 10.0 Å². The molecule has 1 aliphatic heterocycles. The molecule has 0 atom stereocenters. The number of fused-ring (bicyclic) bond motifs is 3. The van der Waals surface area contributed by atoms with Gasteiger partial charge in [-0.15, -0.1) is 0 Å². The standard InChI is InChI=1S/C15H17NO2S/c1-2-16-11-13-8-7-12-5-3-4-6-14(12)15(13)9-10-19(16,17)18/h3-8H,2,9-11H2,1H3. The molecule has 4 heteroatoms. The minimum Gasteiger partial charge on any atom is -0.212 e. The van der Waals surface area contributed by atoms with Crippen LogP contribution in [0.15, 0.2) is 36.4 Å². The van der Waals surface area contributed by atoms with E-state index >= 15 is 0 Å². The van der Waals surface area contributed by atoms with Crippen LogP contribution in [0.4, 0.5) is 0 Å². The van der Waals surface area contributed by atoms with Gasteiger partial charge in [0, 0.05) is 13.1 Å². The van der Waals surface area contributed by atoms with Gasteiger partial charge in [-0.2, -0.15) is 4.31 Å². The summed E-state index contributed by atoms with van der Waals surface area (Å²) in [5.41, 5.74) is 2.33. The first-order valence-corrected chi connectivity index (χ1v) is 8.20. The number of sulfonamides is 1. The van der Waals surface area contributed by atoms with Gasteiger partial charge in [0.1, 0.15) is 0 Å². The van der Waals surface area contributed by atoms with Crippen LogP contribution < -0.4 is 0 Å². The van der Waals surface area contributed by atoms with Gasteiger partial charge in [-0.05, 0) is 28.3 Å². The second-order valence-electron chi connectivity index (χ2n) is 4.92. The monoisotopic (exact) mass is 275 g/mol. The van der Waals surface area contributed by atoms with Crippen molar-refractivity contribution in [2.75, 3.05) is 12.3 Å². The maximum Gasteiger partial charge on any atom is 0.214 e. The summed E-state index contributed by atoms with van der Waals surface area (Å²) in [5, 5.41) is 2.37. The normalized spacial score (nSPS) is 19.0. The second kappa shape index (κ2) is 4.62. The van der Waals surface area contributed by atoms with E-state index in [0.29, 0.717) is 19.5 Å². The molecular weight excluding hydrogens is 258 g/mol. The molecule has 3 nitrogen and oxygen atoms in total. The Morgan fingerprint density at radius 2 is 1.95 bits per heavy atom. The lowest BCUT2D eigenvalue weighted by atomic mass is 9.97. The van der Waals surface area contributed by atoms with Crippen LogP contribution in [-0.4, -0.2) is 25.0 Å². The van der Waals surface area contributed by atoms with Crippen molar-refractivity contribution in [3.05, 3.63) is 47.5 Å². The van der Waals surface area contributed by atoms with Crippen LogP contribution in [0, 0.1) is 0 Å². The third-order valence-electron chi connectivity index (χ3n) is 3.84. The molecule has 0 radical (unpaired) electrons. The molecule has 0 spiro atoms. The Hall–Kier alpha value is -1.39. The van der Waals surface area contributed by atoms with E-state index in [0.717, 1.165) is 5.56 Å². The van der Waals surface area contributed by atoms with E-state index in [-0.39, 0.29) is 5.75 Å². The van der Waals surface area contributed by atoms with Crippen molar-refractivity contribution >= 4 is 20.8 Å². The van der Waals surface area contributed by atoms with Crippen LogP contribution in [-0.2, 0) is 23.0 Å². The van der Waals surface area contributed by atoms with Gasteiger partial charge in [-0.3, -0.25) is 0 Å². The van der Waals surface area contributed by atoms with E-state index < -0.39 is 10.0 Å². The van der Waals surface area contributed by atoms with Crippen LogP contribution >= 0.6 is 0 Å². The summed E-state index contributed by atoms with van der Waals surface area (Å²) in [6, 6.07) is 12.3. The van der Waals surface area contributed by atoms with E-state index in [4.69, 9.17) is 0 Å². The Balaban J connectivity index is 2.19. The van der Waals surface area contributed by atoms with Crippen LogP contribution in [0.25, 0.3) is 10.8 Å². The molecule has 2 aromatic carbocycles. The maximum absolute atomic E-state index is 12.2. The average molecular weight is 275 g/mol. The van der Waals surface area contributed by atoms with Crippen molar-refractivity contribution in [3.8, 4) is 0 Å². The van der Waals surface area contributed by atoms with Crippen LogP contribution in [0.5, 0.6) is 0 Å². The van der Waals surface area contributed by atoms with Crippen molar-refractivity contribution in [3.63, 3.8) is 0 Å². The number of hydrogen-bond acceptors (Lipinski definition) is 2. The van der Waals surface area contributed by atoms with Gasteiger partial charge in [-0.1, -0.05) is 43.3 Å². The SMILES string of the molecule is CCN1Cc2ccc3ccccc3c2CCS1(=O)=O. The lowest BCUT2D eigenvalue weighted by Gasteiger charge is -2.17. The molecule has 1 heterocycles. The molecule has 0 aliphatic carbocycles. The Labute approximate surface area is 113 Å². The smallest absolute Gasteiger partial charge is 0.212 e. The molecule has 0 fully saturated rings. The maximum atomic E-state index is 12.2. The summed E-state index contributed by atoms with van der Waals surface area (Å²) in [4.78, 5) is 0. The van der Waals surface area contributed by atoms with E-state index in [1.807, 2.05) is 19.1 Å². The zero-order valence-electron chi connectivity index (χ0n) is 11.0. The largest absolute Gasteiger partial charge is 0.214 e. The fourth-order valence-corrected chi connectivity index (χ4v) is 4.23. The zero-order valence-corrected chi connectivity index (χ0v) is 11.8. The third-order valence-corrected chi connectivity index (χ3v) is 5.73. The minimum atomic E-state index is -3.11. The first kappa shape index (κ1) is 12.6. The van der Waals surface area contributed by atoms with Crippen LogP contribution in [0.2, 0.25) is 0 Å². The first-order chi connectivity index (χ1) is 9.12. The summed E-state index contributed by atoms with van der Waals surface area (Å²) >= 11 is 0. The topological polar surface area (TPSA) is 37.4 Å². The van der Waals surface area contributed by atoms with Crippen LogP contribution in [0.1, 0.15) is 18.1 Å². The van der Waals surface area contributed by atoms with Gasteiger partial charge < -0.3 is 0 Å². The van der Waals surface area contributed by atoms with Crippen molar-refractivity contribution in [1.82, 2.24) is 4.31 Å². The molecule has 0 aromatic heterocycles. The Kier molecular flexibility index (Phi) is 3.07. The van der Waals surface area contributed by atoms with Gasteiger partial charge >= 0.3 is 0 Å². The summed E-state index contributed by atoms with van der Waals surface area (Å²) in [7, 11) is -3.11. The highest BCUT2D eigenvalue weighted by molar-refractivity contribution is 7.89.